The highest BCUT2D eigenvalue weighted by atomic mass is 19.4. The number of aromatic hydroxyl groups is 2. The molecule has 14 heteroatoms. The lowest BCUT2D eigenvalue weighted by molar-refractivity contribution is -0.343. The number of amides is 2. The van der Waals surface area contributed by atoms with Gasteiger partial charge >= 0.3 is 23.9 Å². The number of phenols is 2. The number of hydrogen-bond donors (Lipinski definition) is 4. The Balaban J connectivity index is 1.97. The number of benzene rings is 2. The van der Waals surface area contributed by atoms with Crippen molar-refractivity contribution in [2.24, 2.45) is 5.10 Å². The molecular weight excluding hydrogens is 491 g/mol. The van der Waals surface area contributed by atoms with Gasteiger partial charge in [-0.3, -0.25) is 9.59 Å². The predicted octanol–water partition coefficient (Wildman–Crippen LogP) is 4.34. The summed E-state index contributed by atoms with van der Waals surface area (Å²) in [6.07, 6.45) is -6.44. The van der Waals surface area contributed by atoms with Crippen LogP contribution in [-0.4, -0.2) is 45.8 Å². The highest BCUT2D eigenvalue weighted by Gasteiger charge is 2.76. The molecular formula is C21H18F7N3O4. The summed E-state index contributed by atoms with van der Waals surface area (Å²) >= 11 is 0. The maximum atomic E-state index is 13.4. The molecule has 7 nitrogen and oxygen atoms in total. The Morgan fingerprint density at radius 1 is 0.914 bits per heavy atom. The van der Waals surface area contributed by atoms with Gasteiger partial charge in [0.05, 0.1) is 5.71 Å². The number of hydrazone groups is 1. The van der Waals surface area contributed by atoms with E-state index in [-0.39, 0.29) is 30.1 Å². The molecule has 0 saturated carbocycles. The normalized spacial score (nSPS) is 12.9. The molecule has 0 saturated heterocycles. The fraction of sp³-hybridized carbons (Fsp3) is 0.286. The topological polar surface area (TPSA) is 111 Å². The van der Waals surface area contributed by atoms with Crippen LogP contribution in [0.1, 0.15) is 24.5 Å². The van der Waals surface area contributed by atoms with Crippen LogP contribution < -0.4 is 10.7 Å². The minimum Gasteiger partial charge on any atom is -0.504 e. The summed E-state index contributed by atoms with van der Waals surface area (Å²) in [7, 11) is 0. The molecule has 0 atom stereocenters. The smallest absolute Gasteiger partial charge is 0.460 e. The summed E-state index contributed by atoms with van der Waals surface area (Å²) in [6, 6.07) is 8.38. The second-order valence-electron chi connectivity index (χ2n) is 7.23. The summed E-state index contributed by atoms with van der Waals surface area (Å²) in [6.45, 7) is 1.45. The summed E-state index contributed by atoms with van der Waals surface area (Å²) in [4.78, 5) is 23.3. The molecule has 0 aliphatic rings. The highest BCUT2D eigenvalue weighted by molar-refractivity contribution is 6.00. The quantitative estimate of drug-likeness (QED) is 0.184. The van der Waals surface area contributed by atoms with Gasteiger partial charge in [-0.1, -0.05) is 18.2 Å². The zero-order valence-electron chi connectivity index (χ0n) is 17.8. The lowest BCUT2D eigenvalue weighted by Gasteiger charge is -2.27. The minimum atomic E-state index is -6.64. The van der Waals surface area contributed by atoms with E-state index < -0.39 is 35.5 Å². The van der Waals surface area contributed by atoms with E-state index in [0.717, 1.165) is 12.1 Å². The van der Waals surface area contributed by atoms with Crippen molar-refractivity contribution in [3.05, 3.63) is 53.6 Å². The molecule has 2 rings (SSSR count). The Bertz CT molecular complexity index is 1120. The third kappa shape index (κ3) is 6.39. The van der Waals surface area contributed by atoms with Gasteiger partial charge in [0, 0.05) is 12.1 Å². The molecule has 0 spiro atoms. The average Bonchev–Trinajstić information content (AvgIpc) is 2.77. The Morgan fingerprint density at radius 3 is 2.06 bits per heavy atom. The predicted molar refractivity (Wildman–Crippen MR) is 109 cm³/mol. The SMILES string of the molecule is CC(=NNC(=O)CCc1ccc(O)c(O)c1)c1ccc(NC(=O)C(F)(F)C(F)(F)C(F)(F)F)cc1. The van der Waals surface area contributed by atoms with Crippen LogP contribution in [0.2, 0.25) is 0 Å². The maximum absolute atomic E-state index is 13.4. The van der Waals surface area contributed by atoms with E-state index in [1.807, 2.05) is 0 Å². The average molecular weight is 509 g/mol. The number of aryl methyl sites for hydroxylation is 1. The van der Waals surface area contributed by atoms with Crippen LogP contribution in [0.4, 0.5) is 36.4 Å². The lowest BCUT2D eigenvalue weighted by Crippen LogP contribution is -2.57. The van der Waals surface area contributed by atoms with E-state index >= 15 is 0 Å². The minimum absolute atomic E-state index is 0.0251. The monoisotopic (exact) mass is 509 g/mol. The second kappa shape index (κ2) is 10.2. The summed E-state index contributed by atoms with van der Waals surface area (Å²) in [5, 5.41) is 23.8. The molecule has 0 fully saturated rings. The second-order valence-corrected chi connectivity index (χ2v) is 7.23. The van der Waals surface area contributed by atoms with Crippen molar-refractivity contribution in [1.29, 1.82) is 0 Å². The number of hydrogen-bond acceptors (Lipinski definition) is 5. The number of carbonyl (C=O) groups excluding carboxylic acids is 2. The zero-order valence-corrected chi connectivity index (χ0v) is 17.8. The lowest BCUT2D eigenvalue weighted by atomic mass is 10.1. The number of halogens is 7. The van der Waals surface area contributed by atoms with Crippen molar-refractivity contribution < 1.29 is 50.5 Å². The van der Waals surface area contributed by atoms with E-state index in [4.69, 9.17) is 0 Å². The van der Waals surface area contributed by atoms with Gasteiger partial charge in [0.15, 0.2) is 11.5 Å². The van der Waals surface area contributed by atoms with Gasteiger partial charge < -0.3 is 15.5 Å². The van der Waals surface area contributed by atoms with E-state index in [9.17, 15) is 50.5 Å². The summed E-state index contributed by atoms with van der Waals surface area (Å²) < 4.78 is 89.3. The Kier molecular flexibility index (Phi) is 7.98. The van der Waals surface area contributed by atoms with Gasteiger partial charge in [0.1, 0.15) is 0 Å². The number of alkyl halides is 7. The number of anilines is 1. The van der Waals surface area contributed by atoms with E-state index in [1.165, 1.54) is 42.6 Å². The number of nitrogens with zero attached hydrogens (tertiary/aromatic N) is 1. The molecule has 0 bridgehead atoms. The molecule has 0 radical (unpaired) electrons. The van der Waals surface area contributed by atoms with Gasteiger partial charge in [-0.25, -0.2) is 5.43 Å². The molecule has 4 N–H and O–H groups in total. The van der Waals surface area contributed by atoms with Gasteiger partial charge in [-0.05, 0) is 48.7 Å². The van der Waals surface area contributed by atoms with E-state index in [2.05, 4.69) is 10.5 Å². The van der Waals surface area contributed by atoms with Crippen molar-refractivity contribution in [2.75, 3.05) is 5.32 Å². The fourth-order valence-corrected chi connectivity index (χ4v) is 2.57. The van der Waals surface area contributed by atoms with Crippen molar-refractivity contribution >= 4 is 23.2 Å². The van der Waals surface area contributed by atoms with Crippen LogP contribution in [-0.2, 0) is 16.0 Å². The van der Waals surface area contributed by atoms with Crippen molar-refractivity contribution in [1.82, 2.24) is 5.43 Å². The van der Waals surface area contributed by atoms with Crippen LogP contribution in [0.5, 0.6) is 11.5 Å². The van der Waals surface area contributed by atoms with Crippen LogP contribution in [0.15, 0.2) is 47.6 Å². The first-order chi connectivity index (χ1) is 16.1. The molecule has 0 aromatic heterocycles. The fourth-order valence-electron chi connectivity index (χ4n) is 2.57. The molecule has 0 unspecified atom stereocenters. The van der Waals surface area contributed by atoms with Gasteiger partial charge in [-0.2, -0.15) is 35.8 Å². The van der Waals surface area contributed by atoms with Crippen LogP contribution >= 0.6 is 0 Å². The molecule has 35 heavy (non-hydrogen) atoms. The first-order valence-corrected chi connectivity index (χ1v) is 9.64. The Labute approximate surface area is 193 Å². The number of nitrogens with one attached hydrogen (secondary N) is 2. The van der Waals surface area contributed by atoms with Gasteiger partial charge in [0.25, 0.3) is 0 Å². The molecule has 190 valence electrons. The van der Waals surface area contributed by atoms with Crippen LogP contribution in [0.3, 0.4) is 0 Å². The molecule has 0 aliphatic heterocycles. The number of phenolic OH excluding ortho intramolecular Hbond substituents is 2. The molecule has 2 aromatic carbocycles. The largest absolute Gasteiger partial charge is 0.504 e. The van der Waals surface area contributed by atoms with Crippen molar-refractivity contribution in [3.63, 3.8) is 0 Å². The highest BCUT2D eigenvalue weighted by Crippen LogP contribution is 2.46. The molecule has 0 heterocycles. The number of carbonyl (C=O) groups is 2. The van der Waals surface area contributed by atoms with Gasteiger partial charge in [-0.15, -0.1) is 0 Å². The Morgan fingerprint density at radius 2 is 1.51 bits per heavy atom. The van der Waals surface area contributed by atoms with Crippen LogP contribution in [0.25, 0.3) is 0 Å². The summed E-state index contributed by atoms with van der Waals surface area (Å²) in [5.74, 6) is -16.6. The summed E-state index contributed by atoms with van der Waals surface area (Å²) in [5.41, 5.74) is 2.87. The molecule has 0 aliphatic carbocycles. The standard InChI is InChI=1S/C21H18F7N3O4/c1-11(30-31-17(34)9-3-12-2-8-15(32)16(33)10-12)13-4-6-14(7-5-13)29-18(35)19(22,23)20(24,25)21(26,27)28/h2,4-8,10,32-33H,3,9H2,1H3,(H,29,35)(H,31,34). The first-order valence-electron chi connectivity index (χ1n) is 9.64. The Hall–Kier alpha value is -3.84. The van der Waals surface area contributed by atoms with Gasteiger partial charge in [0.2, 0.25) is 5.91 Å². The van der Waals surface area contributed by atoms with Crippen LogP contribution in [0, 0.1) is 0 Å². The van der Waals surface area contributed by atoms with E-state index in [1.54, 1.807) is 0 Å². The first kappa shape index (κ1) is 27.4. The maximum Gasteiger partial charge on any atom is 0.460 e. The number of rotatable bonds is 8. The molecule has 2 amide bonds. The third-order valence-electron chi connectivity index (χ3n) is 4.62. The third-order valence-corrected chi connectivity index (χ3v) is 4.62. The molecule has 2 aromatic rings. The van der Waals surface area contributed by atoms with E-state index in [0.29, 0.717) is 11.1 Å². The zero-order chi connectivity index (χ0) is 26.6. The van der Waals surface area contributed by atoms with Crippen molar-refractivity contribution in [2.45, 2.75) is 37.8 Å². The van der Waals surface area contributed by atoms with Crippen molar-refractivity contribution in [3.8, 4) is 11.5 Å².